The molecule has 4 atom stereocenters. The van der Waals surface area contributed by atoms with Crippen LogP contribution in [0, 0.1) is 11.3 Å². The van der Waals surface area contributed by atoms with E-state index in [9.17, 15) is 10.2 Å². The van der Waals surface area contributed by atoms with Crippen LogP contribution in [-0.2, 0) is 0 Å². The fraction of sp³-hybridized carbons (Fsp3) is 0.857. The highest BCUT2D eigenvalue weighted by molar-refractivity contribution is 5.00. The molecule has 1 saturated heterocycles. The smallest absolute Gasteiger partial charge is 0.0989 e. The fourth-order valence-corrected chi connectivity index (χ4v) is 1.39. The van der Waals surface area contributed by atoms with Gasteiger partial charge >= 0.3 is 0 Å². The van der Waals surface area contributed by atoms with E-state index in [2.05, 4.69) is 5.32 Å². The lowest BCUT2D eigenvalue weighted by atomic mass is 10.1. The van der Waals surface area contributed by atoms with E-state index in [1.54, 1.807) is 0 Å². The Labute approximate surface area is 70.2 Å². The van der Waals surface area contributed by atoms with Crippen molar-refractivity contribution in [3.05, 3.63) is 0 Å². The largest absolute Gasteiger partial charge is 0.395 e. The Balaban J connectivity index is 2.55. The second-order valence-corrected chi connectivity index (χ2v) is 2.91. The molecule has 0 amide bonds. The van der Waals surface area contributed by atoms with Crippen LogP contribution < -0.4 is 5.32 Å². The summed E-state index contributed by atoms with van der Waals surface area (Å²) in [6.07, 6.45) is -1.80. The van der Waals surface area contributed by atoms with Gasteiger partial charge in [0, 0.05) is 6.04 Å². The molecule has 0 spiro atoms. The first-order chi connectivity index (χ1) is 5.70. The van der Waals surface area contributed by atoms with Crippen molar-refractivity contribution in [2.45, 2.75) is 30.7 Å². The molecule has 1 aliphatic rings. The van der Waals surface area contributed by atoms with E-state index in [1.807, 2.05) is 6.07 Å². The van der Waals surface area contributed by atoms with E-state index in [0.29, 0.717) is 0 Å². The maximum Gasteiger partial charge on any atom is 0.0989 e. The molecule has 68 valence electrons. The Morgan fingerprint density at radius 1 is 1.25 bits per heavy atom. The van der Waals surface area contributed by atoms with Crippen molar-refractivity contribution in [3.63, 3.8) is 0 Å². The highest BCUT2D eigenvalue weighted by Gasteiger charge is 2.40. The van der Waals surface area contributed by atoms with Crippen molar-refractivity contribution < 1.29 is 15.3 Å². The predicted octanol–water partition coefficient (Wildman–Crippen LogP) is -2.05. The van der Waals surface area contributed by atoms with Gasteiger partial charge in [0.05, 0.1) is 37.3 Å². The third-order valence-electron chi connectivity index (χ3n) is 2.11. The van der Waals surface area contributed by atoms with Crippen LogP contribution in [0.5, 0.6) is 0 Å². The molecule has 1 heterocycles. The molecule has 0 bridgehead atoms. The lowest BCUT2D eigenvalue weighted by molar-refractivity contribution is 0.0201. The van der Waals surface area contributed by atoms with Crippen LogP contribution >= 0.6 is 0 Å². The minimum Gasteiger partial charge on any atom is -0.395 e. The molecule has 0 aliphatic carbocycles. The molecule has 1 fully saturated rings. The van der Waals surface area contributed by atoms with Crippen LogP contribution in [0.3, 0.4) is 0 Å². The number of rotatable bonds is 2. The van der Waals surface area contributed by atoms with E-state index in [1.165, 1.54) is 0 Å². The SMILES string of the molecule is N#CC[C@@H]1N[C@H](CO)[C@@H](O)[C@H]1O. The highest BCUT2D eigenvalue weighted by atomic mass is 16.3. The Morgan fingerprint density at radius 3 is 2.25 bits per heavy atom. The van der Waals surface area contributed by atoms with Crippen molar-refractivity contribution >= 4 is 0 Å². The number of nitrogens with zero attached hydrogens (tertiary/aromatic N) is 1. The van der Waals surface area contributed by atoms with Crippen LogP contribution in [0.4, 0.5) is 0 Å². The summed E-state index contributed by atoms with van der Waals surface area (Å²) < 4.78 is 0. The van der Waals surface area contributed by atoms with E-state index in [0.717, 1.165) is 0 Å². The molecule has 0 aromatic heterocycles. The minimum absolute atomic E-state index is 0.134. The first kappa shape index (κ1) is 9.42. The Bertz CT molecular complexity index is 192. The van der Waals surface area contributed by atoms with Crippen LogP contribution in [0.25, 0.3) is 0 Å². The van der Waals surface area contributed by atoms with Gasteiger partial charge in [0.1, 0.15) is 0 Å². The number of hydrogen-bond acceptors (Lipinski definition) is 5. The Morgan fingerprint density at radius 2 is 1.83 bits per heavy atom. The summed E-state index contributed by atoms with van der Waals surface area (Å²) in [5, 5.41) is 38.4. The van der Waals surface area contributed by atoms with Crippen LogP contribution in [0.15, 0.2) is 0 Å². The van der Waals surface area contributed by atoms with E-state index in [-0.39, 0.29) is 13.0 Å². The van der Waals surface area contributed by atoms with Crippen molar-refractivity contribution in [1.29, 1.82) is 5.26 Å². The molecule has 0 saturated carbocycles. The molecule has 1 rings (SSSR count). The first-order valence-electron chi connectivity index (χ1n) is 3.80. The summed E-state index contributed by atoms with van der Waals surface area (Å²) >= 11 is 0. The molecule has 0 unspecified atom stereocenters. The van der Waals surface area contributed by atoms with Crippen molar-refractivity contribution in [2.24, 2.45) is 0 Å². The molecular weight excluding hydrogens is 160 g/mol. The maximum absolute atomic E-state index is 9.32. The first-order valence-corrected chi connectivity index (χ1v) is 3.80. The predicted molar refractivity (Wildman–Crippen MR) is 40.0 cm³/mol. The molecule has 1 aliphatic heterocycles. The third-order valence-corrected chi connectivity index (χ3v) is 2.11. The van der Waals surface area contributed by atoms with Crippen molar-refractivity contribution in [3.8, 4) is 6.07 Å². The molecule has 0 radical (unpaired) electrons. The molecule has 0 aromatic carbocycles. The van der Waals surface area contributed by atoms with E-state index >= 15 is 0 Å². The van der Waals surface area contributed by atoms with Gasteiger partial charge in [-0.3, -0.25) is 0 Å². The quantitative estimate of drug-likeness (QED) is 0.384. The van der Waals surface area contributed by atoms with Gasteiger partial charge in [-0.05, 0) is 0 Å². The number of aliphatic hydroxyl groups excluding tert-OH is 3. The monoisotopic (exact) mass is 172 g/mol. The number of hydrogen-bond donors (Lipinski definition) is 4. The zero-order valence-electron chi connectivity index (χ0n) is 6.51. The fourth-order valence-electron chi connectivity index (χ4n) is 1.39. The van der Waals surface area contributed by atoms with Crippen molar-refractivity contribution in [1.82, 2.24) is 5.32 Å². The van der Waals surface area contributed by atoms with Gasteiger partial charge in [-0.25, -0.2) is 0 Å². The summed E-state index contributed by atoms with van der Waals surface area (Å²) in [6, 6.07) is 0.946. The lowest BCUT2D eigenvalue weighted by Gasteiger charge is -2.12. The number of aliphatic hydroxyl groups is 3. The van der Waals surface area contributed by atoms with Crippen LogP contribution in [-0.4, -0.2) is 46.2 Å². The van der Waals surface area contributed by atoms with E-state index < -0.39 is 24.3 Å². The normalized spacial score (nSPS) is 41.2. The Hall–Kier alpha value is -0.670. The maximum atomic E-state index is 9.32. The zero-order valence-corrected chi connectivity index (χ0v) is 6.51. The Kier molecular flexibility index (Phi) is 3.00. The van der Waals surface area contributed by atoms with Gasteiger partial charge in [0.15, 0.2) is 0 Å². The highest BCUT2D eigenvalue weighted by Crippen LogP contribution is 2.15. The van der Waals surface area contributed by atoms with Crippen LogP contribution in [0.2, 0.25) is 0 Å². The standard InChI is InChI=1S/C7H12N2O3/c8-2-1-4-6(11)7(12)5(3-10)9-4/h4-7,9-12H,1,3H2/t4-,5+,6-,7+/m0/s1. The molecule has 5 heteroatoms. The second kappa shape index (κ2) is 3.83. The minimum atomic E-state index is -0.978. The zero-order chi connectivity index (χ0) is 9.14. The third kappa shape index (κ3) is 1.57. The summed E-state index contributed by atoms with van der Waals surface area (Å²) in [6.45, 7) is -0.236. The molecular formula is C7H12N2O3. The summed E-state index contributed by atoms with van der Waals surface area (Å²) in [7, 11) is 0. The molecule has 0 aromatic rings. The lowest BCUT2D eigenvalue weighted by Crippen LogP contribution is -2.36. The second-order valence-electron chi connectivity index (χ2n) is 2.91. The van der Waals surface area contributed by atoms with Gasteiger partial charge in [-0.1, -0.05) is 0 Å². The molecule has 12 heavy (non-hydrogen) atoms. The van der Waals surface area contributed by atoms with Gasteiger partial charge in [0.2, 0.25) is 0 Å². The van der Waals surface area contributed by atoms with Gasteiger partial charge in [-0.2, -0.15) is 5.26 Å². The number of nitriles is 1. The average Bonchev–Trinajstić information content (AvgIpc) is 2.33. The van der Waals surface area contributed by atoms with Gasteiger partial charge in [0.25, 0.3) is 0 Å². The number of nitrogens with one attached hydrogen (secondary N) is 1. The molecule has 5 nitrogen and oxygen atoms in total. The summed E-state index contributed by atoms with van der Waals surface area (Å²) in [4.78, 5) is 0. The van der Waals surface area contributed by atoms with Gasteiger partial charge < -0.3 is 20.6 Å². The van der Waals surface area contributed by atoms with E-state index in [4.69, 9.17) is 10.4 Å². The summed E-state index contributed by atoms with van der Waals surface area (Å²) in [5.41, 5.74) is 0. The van der Waals surface area contributed by atoms with Crippen molar-refractivity contribution in [2.75, 3.05) is 6.61 Å². The van der Waals surface area contributed by atoms with Gasteiger partial charge in [-0.15, -0.1) is 0 Å². The topological polar surface area (TPSA) is 96.5 Å². The van der Waals surface area contributed by atoms with Crippen LogP contribution in [0.1, 0.15) is 6.42 Å². The summed E-state index contributed by atoms with van der Waals surface area (Å²) in [5.74, 6) is 0. The average molecular weight is 172 g/mol. The molecule has 4 N–H and O–H groups in total.